The highest BCUT2D eigenvalue weighted by Gasteiger charge is 2.01. The number of aromatic hydroxyl groups is 1. The van der Waals surface area contributed by atoms with Crippen LogP contribution in [0.2, 0.25) is 0 Å². The molecule has 0 unspecified atom stereocenters. The van der Waals surface area contributed by atoms with Gasteiger partial charge in [0.2, 0.25) is 0 Å². The summed E-state index contributed by atoms with van der Waals surface area (Å²) >= 11 is 0. The summed E-state index contributed by atoms with van der Waals surface area (Å²) in [4.78, 5) is 11.1. The van der Waals surface area contributed by atoms with Gasteiger partial charge in [0.05, 0.1) is 0 Å². The molecule has 0 bridgehead atoms. The molecule has 4 heteroatoms. The summed E-state index contributed by atoms with van der Waals surface area (Å²) in [6.07, 6.45) is 0. The van der Waals surface area contributed by atoms with Crippen LogP contribution in [0.1, 0.15) is 12.5 Å². The lowest BCUT2D eigenvalue weighted by Gasteiger charge is -2.07. The molecule has 1 rings (SSSR count). The molecule has 0 aliphatic heterocycles. The molecule has 0 aliphatic rings. The maximum atomic E-state index is 11.1. The Labute approximate surface area is 82.9 Å². The summed E-state index contributed by atoms with van der Waals surface area (Å²) in [6.45, 7) is 4.21. The second kappa shape index (κ2) is 4.50. The number of phenolic OH excluding ortho intramolecular Hbond substituents is 1. The van der Waals surface area contributed by atoms with Crippen LogP contribution in [0.3, 0.4) is 0 Å². The van der Waals surface area contributed by atoms with Crippen molar-refractivity contribution < 1.29 is 9.90 Å². The van der Waals surface area contributed by atoms with Gasteiger partial charge in [-0.1, -0.05) is 0 Å². The summed E-state index contributed by atoms with van der Waals surface area (Å²) < 4.78 is 0. The number of aryl methyl sites for hydroxylation is 1. The van der Waals surface area contributed by atoms with E-state index >= 15 is 0 Å². The SMILES string of the molecule is CCNC(=O)Nc1ccc(O)c(C)c1. The van der Waals surface area contributed by atoms with Gasteiger partial charge in [0, 0.05) is 12.2 Å². The first-order valence-corrected chi connectivity index (χ1v) is 4.48. The first kappa shape index (κ1) is 10.4. The van der Waals surface area contributed by atoms with Crippen LogP contribution in [0, 0.1) is 6.92 Å². The minimum Gasteiger partial charge on any atom is -0.508 e. The molecular weight excluding hydrogens is 180 g/mol. The van der Waals surface area contributed by atoms with Crippen LogP contribution in [0.5, 0.6) is 5.75 Å². The van der Waals surface area contributed by atoms with Crippen molar-refractivity contribution in [1.29, 1.82) is 0 Å². The first-order valence-electron chi connectivity index (χ1n) is 4.48. The van der Waals surface area contributed by atoms with Gasteiger partial charge in [-0.25, -0.2) is 4.79 Å². The van der Waals surface area contributed by atoms with E-state index in [9.17, 15) is 9.90 Å². The van der Waals surface area contributed by atoms with Gasteiger partial charge in [-0.05, 0) is 37.6 Å². The molecule has 0 fully saturated rings. The zero-order valence-corrected chi connectivity index (χ0v) is 8.29. The number of hydrogen-bond donors (Lipinski definition) is 3. The van der Waals surface area contributed by atoms with E-state index in [4.69, 9.17) is 0 Å². The molecule has 1 aromatic rings. The molecule has 0 heterocycles. The molecule has 1 aromatic carbocycles. The van der Waals surface area contributed by atoms with Crippen LogP contribution >= 0.6 is 0 Å². The number of benzene rings is 1. The number of carbonyl (C=O) groups is 1. The van der Waals surface area contributed by atoms with Crippen LogP contribution in [0.4, 0.5) is 10.5 Å². The Morgan fingerprint density at radius 2 is 2.21 bits per heavy atom. The van der Waals surface area contributed by atoms with Crippen molar-refractivity contribution in [2.24, 2.45) is 0 Å². The third kappa shape index (κ3) is 2.65. The molecule has 0 atom stereocenters. The molecule has 2 amide bonds. The molecule has 0 radical (unpaired) electrons. The van der Waals surface area contributed by atoms with Gasteiger partial charge in [-0.3, -0.25) is 0 Å². The van der Waals surface area contributed by atoms with Crippen LogP contribution < -0.4 is 10.6 Å². The zero-order chi connectivity index (χ0) is 10.6. The molecule has 0 spiro atoms. The number of rotatable bonds is 2. The Kier molecular flexibility index (Phi) is 3.34. The minimum absolute atomic E-state index is 0.228. The fourth-order valence-corrected chi connectivity index (χ4v) is 1.07. The summed E-state index contributed by atoms with van der Waals surface area (Å²) in [5, 5.41) is 14.5. The zero-order valence-electron chi connectivity index (χ0n) is 8.29. The van der Waals surface area contributed by atoms with E-state index in [1.807, 2.05) is 6.92 Å². The highest BCUT2D eigenvalue weighted by Crippen LogP contribution is 2.19. The smallest absolute Gasteiger partial charge is 0.319 e. The van der Waals surface area contributed by atoms with Gasteiger partial charge in [-0.15, -0.1) is 0 Å². The predicted molar refractivity (Wildman–Crippen MR) is 55.5 cm³/mol. The van der Waals surface area contributed by atoms with E-state index < -0.39 is 0 Å². The van der Waals surface area contributed by atoms with Gasteiger partial charge in [0.15, 0.2) is 0 Å². The van der Waals surface area contributed by atoms with E-state index in [0.717, 1.165) is 5.56 Å². The standard InChI is InChI=1S/C10H14N2O2/c1-3-11-10(14)12-8-4-5-9(13)7(2)6-8/h4-6,13H,3H2,1-2H3,(H2,11,12,14). The van der Waals surface area contributed by atoms with Crippen LogP contribution in [-0.2, 0) is 0 Å². The normalized spacial score (nSPS) is 9.57. The number of urea groups is 1. The maximum absolute atomic E-state index is 11.1. The van der Waals surface area contributed by atoms with Crippen molar-refractivity contribution in [1.82, 2.24) is 5.32 Å². The van der Waals surface area contributed by atoms with Crippen molar-refractivity contribution in [2.75, 3.05) is 11.9 Å². The summed E-state index contributed by atoms with van der Waals surface area (Å²) in [6, 6.07) is 4.68. The minimum atomic E-state index is -0.238. The van der Waals surface area contributed by atoms with Gasteiger partial charge in [-0.2, -0.15) is 0 Å². The Hall–Kier alpha value is -1.71. The number of carbonyl (C=O) groups excluding carboxylic acids is 1. The topological polar surface area (TPSA) is 61.4 Å². The van der Waals surface area contributed by atoms with E-state index in [1.54, 1.807) is 25.1 Å². The fourth-order valence-electron chi connectivity index (χ4n) is 1.07. The predicted octanol–water partition coefficient (Wildman–Crippen LogP) is 1.84. The molecule has 3 N–H and O–H groups in total. The molecule has 0 aromatic heterocycles. The third-order valence-corrected chi connectivity index (χ3v) is 1.79. The molecule has 76 valence electrons. The highest BCUT2D eigenvalue weighted by atomic mass is 16.3. The lowest BCUT2D eigenvalue weighted by molar-refractivity contribution is 0.252. The second-order valence-electron chi connectivity index (χ2n) is 2.99. The Balaban J connectivity index is 2.68. The average Bonchev–Trinajstić information content (AvgIpc) is 2.12. The molecule has 14 heavy (non-hydrogen) atoms. The van der Waals surface area contributed by atoms with E-state index in [-0.39, 0.29) is 11.8 Å². The van der Waals surface area contributed by atoms with Crippen LogP contribution in [0.25, 0.3) is 0 Å². The maximum Gasteiger partial charge on any atom is 0.319 e. The van der Waals surface area contributed by atoms with Crippen molar-refractivity contribution in [3.05, 3.63) is 23.8 Å². The number of hydrogen-bond acceptors (Lipinski definition) is 2. The van der Waals surface area contributed by atoms with Gasteiger partial charge < -0.3 is 15.7 Å². The fraction of sp³-hybridized carbons (Fsp3) is 0.300. The quantitative estimate of drug-likeness (QED) is 0.629. The largest absolute Gasteiger partial charge is 0.508 e. The molecular formula is C10H14N2O2. The number of anilines is 1. The summed E-state index contributed by atoms with van der Waals surface area (Å²) in [7, 11) is 0. The van der Waals surface area contributed by atoms with Crippen molar-refractivity contribution in [3.8, 4) is 5.75 Å². The highest BCUT2D eigenvalue weighted by molar-refractivity contribution is 5.89. The first-order chi connectivity index (χ1) is 6.63. The molecule has 0 saturated carbocycles. The van der Waals surface area contributed by atoms with Gasteiger partial charge >= 0.3 is 6.03 Å². The van der Waals surface area contributed by atoms with Crippen molar-refractivity contribution >= 4 is 11.7 Å². The van der Waals surface area contributed by atoms with E-state index in [2.05, 4.69) is 10.6 Å². The lowest BCUT2D eigenvalue weighted by atomic mass is 10.2. The monoisotopic (exact) mass is 194 g/mol. The molecule has 0 saturated heterocycles. The Morgan fingerprint density at radius 3 is 2.79 bits per heavy atom. The number of nitrogens with one attached hydrogen (secondary N) is 2. The number of amides is 2. The van der Waals surface area contributed by atoms with Crippen LogP contribution in [0.15, 0.2) is 18.2 Å². The Bertz CT molecular complexity index is 337. The molecule has 4 nitrogen and oxygen atoms in total. The number of phenols is 1. The van der Waals surface area contributed by atoms with E-state index in [1.165, 1.54) is 0 Å². The van der Waals surface area contributed by atoms with Crippen molar-refractivity contribution in [3.63, 3.8) is 0 Å². The van der Waals surface area contributed by atoms with E-state index in [0.29, 0.717) is 12.2 Å². The average molecular weight is 194 g/mol. The second-order valence-corrected chi connectivity index (χ2v) is 2.99. The van der Waals surface area contributed by atoms with Crippen molar-refractivity contribution in [2.45, 2.75) is 13.8 Å². The van der Waals surface area contributed by atoms with Gasteiger partial charge in [0.25, 0.3) is 0 Å². The summed E-state index contributed by atoms with van der Waals surface area (Å²) in [5.74, 6) is 0.228. The lowest BCUT2D eigenvalue weighted by Crippen LogP contribution is -2.28. The third-order valence-electron chi connectivity index (χ3n) is 1.79. The van der Waals surface area contributed by atoms with Gasteiger partial charge in [0.1, 0.15) is 5.75 Å². The summed E-state index contributed by atoms with van der Waals surface area (Å²) in [5.41, 5.74) is 1.41. The Morgan fingerprint density at radius 1 is 1.50 bits per heavy atom. The molecule has 0 aliphatic carbocycles. The van der Waals surface area contributed by atoms with Crippen LogP contribution in [-0.4, -0.2) is 17.7 Å².